The zero-order valence-electron chi connectivity index (χ0n) is 17.5. The number of aliphatic imine (C=N–C) groups is 1. The zero-order chi connectivity index (χ0) is 22.0. The van der Waals surface area contributed by atoms with Crippen molar-refractivity contribution in [1.82, 2.24) is 25.6 Å². The van der Waals surface area contributed by atoms with E-state index in [-0.39, 0.29) is 9.96 Å². The van der Waals surface area contributed by atoms with Gasteiger partial charge in [-0.05, 0) is 59.2 Å². The second-order valence-electron chi connectivity index (χ2n) is 7.58. The highest BCUT2D eigenvalue weighted by atomic mass is 127. The van der Waals surface area contributed by atoms with Crippen molar-refractivity contribution < 1.29 is 9.53 Å². The smallest absolute Gasteiger partial charge is 0.269 e. The van der Waals surface area contributed by atoms with Crippen molar-refractivity contribution in [2.24, 2.45) is 10.9 Å². The number of hydrogen-bond donors (Lipinski definition) is 2. The quantitative estimate of drug-likeness (QED) is 0.283. The van der Waals surface area contributed by atoms with Gasteiger partial charge in [0.25, 0.3) is 5.91 Å². The summed E-state index contributed by atoms with van der Waals surface area (Å²) < 4.78 is 5.15. The molecule has 1 unspecified atom stereocenters. The number of H-pyrrole nitrogens is 1. The summed E-state index contributed by atoms with van der Waals surface area (Å²) in [6.07, 6.45) is 4.02. The standard InChI is InChI=1S/C22H23IN6O2/c1-13(2)11-17-18-19(27-26-17)20(23)29(28-22(30)14-7-9-24-10-8-14)21(25-18)15-5-4-6-16(12-15)31-3/h4-10,12-13,20H,11H2,1-3H3,(H,26,27)(H,28,30). The Morgan fingerprint density at radius 1 is 1.29 bits per heavy atom. The topological polar surface area (TPSA) is 95.5 Å². The van der Waals surface area contributed by atoms with E-state index in [4.69, 9.17) is 9.73 Å². The lowest BCUT2D eigenvalue weighted by Crippen LogP contribution is -2.48. The molecule has 9 heteroatoms. The first-order valence-electron chi connectivity index (χ1n) is 9.92. The second-order valence-corrected chi connectivity index (χ2v) is 8.76. The van der Waals surface area contributed by atoms with Crippen LogP contribution in [0.1, 0.15) is 45.2 Å². The first-order chi connectivity index (χ1) is 15.0. The van der Waals surface area contributed by atoms with E-state index in [2.05, 4.69) is 57.0 Å². The summed E-state index contributed by atoms with van der Waals surface area (Å²) in [5.74, 6) is 1.55. The molecule has 0 radical (unpaired) electrons. The second kappa shape index (κ2) is 9.04. The number of amidine groups is 1. The van der Waals surface area contributed by atoms with Gasteiger partial charge in [-0.2, -0.15) is 5.10 Å². The van der Waals surface area contributed by atoms with Gasteiger partial charge >= 0.3 is 0 Å². The lowest BCUT2D eigenvalue weighted by atomic mass is 10.1. The van der Waals surface area contributed by atoms with Gasteiger partial charge in [0.05, 0.1) is 12.8 Å². The number of carbonyl (C=O) groups excluding carboxylic acids is 1. The lowest BCUT2D eigenvalue weighted by molar-refractivity contribution is 0.0864. The molecule has 31 heavy (non-hydrogen) atoms. The van der Waals surface area contributed by atoms with Crippen LogP contribution in [0.4, 0.5) is 5.69 Å². The lowest BCUT2D eigenvalue weighted by Gasteiger charge is -2.33. The molecule has 1 aliphatic rings. The van der Waals surface area contributed by atoms with Gasteiger partial charge in [0.15, 0.2) is 5.84 Å². The molecule has 2 aromatic heterocycles. The van der Waals surface area contributed by atoms with E-state index in [1.165, 1.54) is 0 Å². The predicted octanol–water partition coefficient (Wildman–Crippen LogP) is 4.18. The van der Waals surface area contributed by atoms with Gasteiger partial charge in [-0.3, -0.25) is 20.3 Å². The fourth-order valence-corrected chi connectivity index (χ4v) is 4.21. The molecular weight excluding hydrogens is 507 g/mol. The summed E-state index contributed by atoms with van der Waals surface area (Å²) >= 11 is 2.27. The number of rotatable bonds is 6. The number of amides is 1. The molecule has 160 valence electrons. The maximum Gasteiger partial charge on any atom is 0.269 e. The number of hydrazine groups is 1. The Balaban J connectivity index is 1.78. The van der Waals surface area contributed by atoms with E-state index in [0.29, 0.717) is 23.1 Å². The third-order valence-corrected chi connectivity index (χ3v) is 5.99. The maximum absolute atomic E-state index is 12.9. The minimum Gasteiger partial charge on any atom is -0.497 e. The number of hydrogen-bond acceptors (Lipinski definition) is 6. The molecule has 1 aliphatic heterocycles. The van der Waals surface area contributed by atoms with Gasteiger partial charge in [-0.25, -0.2) is 10.0 Å². The highest BCUT2D eigenvalue weighted by molar-refractivity contribution is 14.1. The van der Waals surface area contributed by atoms with Crippen LogP contribution in [0.2, 0.25) is 0 Å². The van der Waals surface area contributed by atoms with E-state index < -0.39 is 0 Å². The minimum absolute atomic E-state index is 0.249. The summed E-state index contributed by atoms with van der Waals surface area (Å²) in [7, 11) is 1.63. The van der Waals surface area contributed by atoms with Gasteiger partial charge in [0, 0.05) is 23.5 Å². The average molecular weight is 530 g/mol. The monoisotopic (exact) mass is 530 g/mol. The molecule has 1 atom stereocenters. The SMILES string of the molecule is COc1cccc(C2=Nc3c(n[nH]c3CC(C)C)C(I)N2NC(=O)c2ccncc2)c1. The van der Waals surface area contributed by atoms with Crippen molar-refractivity contribution in [3.05, 3.63) is 71.3 Å². The number of pyridine rings is 1. The molecule has 1 amide bonds. The number of alkyl halides is 1. The Bertz CT molecular complexity index is 1110. The fourth-order valence-electron chi connectivity index (χ4n) is 3.37. The van der Waals surface area contributed by atoms with Crippen LogP contribution in [0.5, 0.6) is 5.75 Å². The molecule has 0 spiro atoms. The maximum atomic E-state index is 12.9. The third-order valence-electron chi connectivity index (χ3n) is 4.84. The number of methoxy groups -OCH3 is 1. The molecule has 0 saturated heterocycles. The molecule has 2 N–H and O–H groups in total. The van der Waals surface area contributed by atoms with Gasteiger partial charge in [0.1, 0.15) is 21.2 Å². The molecular formula is C22H23IN6O2. The van der Waals surface area contributed by atoms with Crippen molar-refractivity contribution in [1.29, 1.82) is 0 Å². The van der Waals surface area contributed by atoms with Crippen LogP contribution < -0.4 is 10.2 Å². The molecule has 8 nitrogen and oxygen atoms in total. The summed E-state index contributed by atoms with van der Waals surface area (Å²) in [5, 5.41) is 9.41. The van der Waals surface area contributed by atoms with E-state index in [1.807, 2.05) is 24.3 Å². The average Bonchev–Trinajstić information content (AvgIpc) is 3.18. The van der Waals surface area contributed by atoms with E-state index in [1.54, 1.807) is 36.6 Å². The van der Waals surface area contributed by atoms with Crippen LogP contribution in [-0.4, -0.2) is 39.0 Å². The molecule has 1 aromatic carbocycles. The van der Waals surface area contributed by atoms with E-state index in [0.717, 1.165) is 29.1 Å². The number of ether oxygens (including phenoxy) is 1. The molecule has 0 bridgehead atoms. The summed E-state index contributed by atoms with van der Waals surface area (Å²) in [5.41, 5.74) is 6.95. The Morgan fingerprint density at radius 2 is 2.06 bits per heavy atom. The number of aromatic nitrogens is 3. The van der Waals surface area contributed by atoms with Crippen molar-refractivity contribution in [3.8, 4) is 5.75 Å². The molecule has 0 fully saturated rings. The van der Waals surface area contributed by atoms with Crippen molar-refractivity contribution >= 4 is 40.0 Å². The predicted molar refractivity (Wildman–Crippen MR) is 127 cm³/mol. The van der Waals surface area contributed by atoms with Gasteiger partial charge in [0.2, 0.25) is 0 Å². The first-order valence-corrected chi connectivity index (χ1v) is 11.2. The number of aromatic amines is 1. The Labute approximate surface area is 194 Å². The summed E-state index contributed by atoms with van der Waals surface area (Å²) in [4.78, 5) is 21.9. The van der Waals surface area contributed by atoms with Crippen LogP contribution in [0, 0.1) is 5.92 Å². The van der Waals surface area contributed by atoms with Crippen LogP contribution in [0.3, 0.4) is 0 Å². The van der Waals surface area contributed by atoms with E-state index >= 15 is 0 Å². The number of benzene rings is 1. The molecule has 0 aliphatic carbocycles. The highest BCUT2D eigenvalue weighted by Gasteiger charge is 2.34. The fraction of sp³-hybridized carbons (Fsp3) is 0.273. The normalized spacial score (nSPS) is 15.5. The van der Waals surface area contributed by atoms with Crippen LogP contribution in [-0.2, 0) is 6.42 Å². The van der Waals surface area contributed by atoms with Crippen LogP contribution in [0.15, 0.2) is 53.8 Å². The number of fused-ring (bicyclic) bond motifs is 1. The van der Waals surface area contributed by atoms with Crippen LogP contribution >= 0.6 is 22.6 Å². The van der Waals surface area contributed by atoms with Gasteiger partial charge < -0.3 is 4.74 Å². The number of halogens is 1. The number of nitrogens with zero attached hydrogens (tertiary/aromatic N) is 4. The highest BCUT2D eigenvalue weighted by Crippen LogP contribution is 2.40. The molecule has 3 aromatic rings. The molecule has 3 heterocycles. The zero-order valence-corrected chi connectivity index (χ0v) is 19.6. The number of nitrogens with one attached hydrogen (secondary N) is 2. The minimum atomic E-state index is -0.255. The largest absolute Gasteiger partial charge is 0.497 e. The van der Waals surface area contributed by atoms with Crippen molar-refractivity contribution in [2.75, 3.05) is 7.11 Å². The Hall–Kier alpha value is -2.95. The first kappa shape index (κ1) is 21.3. The van der Waals surface area contributed by atoms with Crippen molar-refractivity contribution in [2.45, 2.75) is 24.3 Å². The summed E-state index contributed by atoms with van der Waals surface area (Å²) in [6, 6.07) is 11.0. The molecule has 0 saturated carbocycles. The number of carbonyl (C=O) groups is 1. The molecule has 4 rings (SSSR count). The van der Waals surface area contributed by atoms with Crippen molar-refractivity contribution in [3.63, 3.8) is 0 Å². The summed E-state index contributed by atoms with van der Waals surface area (Å²) in [6.45, 7) is 4.32. The third kappa shape index (κ3) is 4.41. The van der Waals surface area contributed by atoms with Gasteiger partial charge in [-0.15, -0.1) is 0 Å². The van der Waals surface area contributed by atoms with E-state index in [9.17, 15) is 4.79 Å². The van der Waals surface area contributed by atoms with Gasteiger partial charge in [-0.1, -0.05) is 26.0 Å². The van der Waals surface area contributed by atoms with Crippen LogP contribution in [0.25, 0.3) is 0 Å². The Kier molecular flexibility index (Phi) is 6.21. The Morgan fingerprint density at radius 3 is 2.77 bits per heavy atom.